The summed E-state index contributed by atoms with van der Waals surface area (Å²) >= 11 is 0. The number of benzene rings is 1. The molecule has 1 heterocycles. The van der Waals surface area contributed by atoms with Gasteiger partial charge in [0.15, 0.2) is 0 Å². The molecule has 0 amide bonds. The Bertz CT molecular complexity index is 687. The van der Waals surface area contributed by atoms with E-state index >= 15 is 0 Å². The van der Waals surface area contributed by atoms with E-state index in [1.165, 1.54) is 6.07 Å². The number of aromatic nitrogens is 2. The highest BCUT2D eigenvalue weighted by atomic mass is 32.2. The molecule has 0 saturated heterocycles. The van der Waals surface area contributed by atoms with E-state index in [0.717, 1.165) is 11.4 Å². The lowest BCUT2D eigenvalue weighted by atomic mass is 10.2. The third kappa shape index (κ3) is 3.37. The Balaban J connectivity index is 2.06. The molecule has 0 saturated carbocycles. The van der Waals surface area contributed by atoms with Gasteiger partial charge in [0.25, 0.3) is 0 Å². The predicted molar refractivity (Wildman–Crippen MR) is 77.7 cm³/mol. The molecule has 6 nitrogen and oxygen atoms in total. The van der Waals surface area contributed by atoms with E-state index in [1.807, 2.05) is 24.7 Å². The number of hydrogen-bond acceptors (Lipinski definition) is 4. The summed E-state index contributed by atoms with van der Waals surface area (Å²) in [5.41, 5.74) is 6.93. The van der Waals surface area contributed by atoms with Gasteiger partial charge in [-0.05, 0) is 30.7 Å². The van der Waals surface area contributed by atoms with Gasteiger partial charge < -0.3 is 10.3 Å². The zero-order chi connectivity index (χ0) is 14.8. The molecule has 1 aromatic carbocycles. The van der Waals surface area contributed by atoms with Crippen LogP contribution in [-0.4, -0.2) is 24.5 Å². The van der Waals surface area contributed by atoms with Crippen molar-refractivity contribution in [2.45, 2.75) is 18.2 Å². The first-order chi connectivity index (χ1) is 9.38. The molecule has 2 aromatic rings. The molecular weight excluding hydrogens is 276 g/mol. The van der Waals surface area contributed by atoms with Crippen molar-refractivity contribution >= 4 is 15.7 Å². The SMILES string of the molecule is Cc1cc(N)cc(S(=O)(=O)NCCc2nccn2C)c1. The molecule has 0 fully saturated rings. The summed E-state index contributed by atoms with van der Waals surface area (Å²) < 4.78 is 28.7. The van der Waals surface area contributed by atoms with E-state index in [0.29, 0.717) is 18.7 Å². The largest absolute Gasteiger partial charge is 0.399 e. The van der Waals surface area contributed by atoms with Gasteiger partial charge in [0.05, 0.1) is 4.90 Å². The molecule has 1 aromatic heterocycles. The molecule has 0 aliphatic heterocycles. The standard InChI is InChI=1S/C13H18N4O2S/c1-10-7-11(14)9-12(8-10)20(18,19)16-4-3-13-15-5-6-17(13)2/h5-9,16H,3-4,14H2,1-2H3. The van der Waals surface area contributed by atoms with Gasteiger partial charge >= 0.3 is 0 Å². The molecule has 2 rings (SSSR count). The number of sulfonamides is 1. The Hall–Kier alpha value is -1.86. The average molecular weight is 294 g/mol. The first-order valence-electron chi connectivity index (χ1n) is 6.21. The molecule has 0 aliphatic rings. The zero-order valence-corrected chi connectivity index (χ0v) is 12.3. The Morgan fingerprint density at radius 2 is 2.10 bits per heavy atom. The molecule has 3 N–H and O–H groups in total. The van der Waals surface area contributed by atoms with Crippen LogP contribution in [0.3, 0.4) is 0 Å². The summed E-state index contributed by atoms with van der Waals surface area (Å²) in [6.07, 6.45) is 4.04. The second-order valence-corrected chi connectivity index (χ2v) is 6.45. The van der Waals surface area contributed by atoms with E-state index in [2.05, 4.69) is 9.71 Å². The minimum atomic E-state index is -3.54. The molecule has 108 valence electrons. The lowest BCUT2D eigenvalue weighted by Gasteiger charge is -2.08. The maximum Gasteiger partial charge on any atom is 0.240 e. The first kappa shape index (κ1) is 14.5. The van der Waals surface area contributed by atoms with Crippen LogP contribution in [0.1, 0.15) is 11.4 Å². The number of hydrogen-bond donors (Lipinski definition) is 2. The number of imidazole rings is 1. The van der Waals surface area contributed by atoms with Crippen molar-refractivity contribution in [3.8, 4) is 0 Å². The van der Waals surface area contributed by atoms with Gasteiger partial charge in [-0.2, -0.15) is 0 Å². The molecule has 0 radical (unpaired) electrons. The van der Waals surface area contributed by atoms with E-state index in [-0.39, 0.29) is 4.90 Å². The normalized spacial score (nSPS) is 11.7. The number of aryl methyl sites for hydroxylation is 2. The van der Waals surface area contributed by atoms with E-state index in [9.17, 15) is 8.42 Å². The fraction of sp³-hybridized carbons (Fsp3) is 0.308. The minimum absolute atomic E-state index is 0.190. The molecular formula is C13H18N4O2S. The summed E-state index contributed by atoms with van der Waals surface area (Å²) in [5.74, 6) is 0.830. The summed E-state index contributed by atoms with van der Waals surface area (Å²) in [4.78, 5) is 4.33. The maximum atomic E-state index is 12.2. The highest BCUT2D eigenvalue weighted by Crippen LogP contribution is 2.16. The van der Waals surface area contributed by atoms with Crippen molar-refractivity contribution in [2.75, 3.05) is 12.3 Å². The van der Waals surface area contributed by atoms with E-state index < -0.39 is 10.0 Å². The smallest absolute Gasteiger partial charge is 0.240 e. The van der Waals surface area contributed by atoms with Crippen molar-refractivity contribution in [3.63, 3.8) is 0 Å². The van der Waals surface area contributed by atoms with Gasteiger partial charge in [0.1, 0.15) is 5.82 Å². The first-order valence-corrected chi connectivity index (χ1v) is 7.70. The monoisotopic (exact) mass is 294 g/mol. The highest BCUT2D eigenvalue weighted by Gasteiger charge is 2.14. The van der Waals surface area contributed by atoms with Gasteiger partial charge in [-0.15, -0.1) is 0 Å². The predicted octanol–water partition coefficient (Wildman–Crippen LogP) is 0.832. The Labute approximate surface area is 118 Å². The van der Waals surface area contributed by atoms with Crippen LogP contribution in [0.15, 0.2) is 35.5 Å². The van der Waals surface area contributed by atoms with Gasteiger partial charge in [-0.25, -0.2) is 18.1 Å². The van der Waals surface area contributed by atoms with Gasteiger partial charge in [0, 0.05) is 38.1 Å². The summed E-state index contributed by atoms with van der Waals surface area (Å²) in [6.45, 7) is 2.10. The molecule has 0 spiro atoms. The highest BCUT2D eigenvalue weighted by molar-refractivity contribution is 7.89. The third-order valence-corrected chi connectivity index (χ3v) is 4.39. The minimum Gasteiger partial charge on any atom is -0.399 e. The fourth-order valence-electron chi connectivity index (χ4n) is 1.95. The number of anilines is 1. The number of nitrogens with one attached hydrogen (secondary N) is 1. The van der Waals surface area contributed by atoms with Crippen molar-refractivity contribution in [1.29, 1.82) is 0 Å². The van der Waals surface area contributed by atoms with Crippen LogP contribution in [0.5, 0.6) is 0 Å². The summed E-state index contributed by atoms with van der Waals surface area (Å²) in [5, 5.41) is 0. The van der Waals surface area contributed by atoms with Crippen molar-refractivity contribution in [3.05, 3.63) is 42.0 Å². The van der Waals surface area contributed by atoms with E-state index in [1.54, 1.807) is 18.3 Å². The second-order valence-electron chi connectivity index (χ2n) is 4.68. The van der Waals surface area contributed by atoms with Crippen LogP contribution in [0, 0.1) is 6.92 Å². The average Bonchev–Trinajstić information content (AvgIpc) is 2.74. The number of nitrogen functional groups attached to an aromatic ring is 1. The molecule has 0 unspecified atom stereocenters. The van der Waals surface area contributed by atoms with E-state index in [4.69, 9.17) is 5.73 Å². The quantitative estimate of drug-likeness (QED) is 0.799. The van der Waals surface area contributed by atoms with Crippen LogP contribution in [0.25, 0.3) is 0 Å². The summed E-state index contributed by atoms with van der Waals surface area (Å²) in [7, 11) is -1.67. The maximum absolute atomic E-state index is 12.2. The second kappa shape index (κ2) is 5.64. The lowest BCUT2D eigenvalue weighted by molar-refractivity contribution is 0.580. The molecule has 0 atom stereocenters. The van der Waals surface area contributed by atoms with Gasteiger partial charge in [0.2, 0.25) is 10.0 Å². The number of nitrogens with zero attached hydrogens (tertiary/aromatic N) is 2. The van der Waals surface area contributed by atoms with Crippen LogP contribution < -0.4 is 10.5 Å². The van der Waals surface area contributed by atoms with Crippen LogP contribution in [0.4, 0.5) is 5.69 Å². The molecule has 0 aliphatic carbocycles. The number of nitrogens with two attached hydrogens (primary N) is 1. The van der Waals surface area contributed by atoms with Crippen molar-refractivity contribution in [1.82, 2.24) is 14.3 Å². The molecule has 20 heavy (non-hydrogen) atoms. The van der Waals surface area contributed by atoms with Gasteiger partial charge in [-0.3, -0.25) is 0 Å². The molecule has 7 heteroatoms. The van der Waals surface area contributed by atoms with Gasteiger partial charge in [-0.1, -0.05) is 0 Å². The topological polar surface area (TPSA) is 90.0 Å². The lowest BCUT2D eigenvalue weighted by Crippen LogP contribution is -2.26. The zero-order valence-electron chi connectivity index (χ0n) is 11.5. The fourth-order valence-corrected chi connectivity index (χ4v) is 3.12. The Morgan fingerprint density at radius 1 is 1.35 bits per heavy atom. The molecule has 0 bridgehead atoms. The van der Waals surface area contributed by atoms with Crippen molar-refractivity contribution < 1.29 is 8.42 Å². The Kier molecular flexibility index (Phi) is 4.10. The summed E-state index contributed by atoms with van der Waals surface area (Å²) in [6, 6.07) is 4.78. The Morgan fingerprint density at radius 3 is 2.70 bits per heavy atom. The number of rotatable bonds is 5. The van der Waals surface area contributed by atoms with Crippen LogP contribution in [-0.2, 0) is 23.5 Å². The van der Waals surface area contributed by atoms with Crippen molar-refractivity contribution in [2.24, 2.45) is 7.05 Å². The van der Waals surface area contributed by atoms with Crippen LogP contribution >= 0.6 is 0 Å². The van der Waals surface area contributed by atoms with Crippen LogP contribution in [0.2, 0.25) is 0 Å². The third-order valence-electron chi connectivity index (χ3n) is 2.95.